The summed E-state index contributed by atoms with van der Waals surface area (Å²) in [4.78, 5) is 0. The van der Waals surface area contributed by atoms with Crippen molar-refractivity contribution in [3.05, 3.63) is 71.9 Å². The number of para-hydroxylation sites is 2. The SMILES string of the molecule is Cc1c(C)n2c3c(cccc13)B1c3ccccc3Oc3cccc-2c31. The number of ether oxygens (including phenoxy) is 1. The number of fused-ring (bicyclic) bond motifs is 4. The maximum atomic E-state index is 6.27. The molecule has 0 radical (unpaired) electrons. The normalized spacial score (nSPS) is 13.4. The van der Waals surface area contributed by atoms with Gasteiger partial charge in [-0.1, -0.05) is 42.5 Å². The molecule has 2 nitrogen and oxygen atoms in total. The minimum atomic E-state index is 0.237. The Morgan fingerprint density at radius 3 is 2.48 bits per heavy atom. The van der Waals surface area contributed by atoms with Gasteiger partial charge in [0.1, 0.15) is 11.5 Å². The molecule has 3 heteroatoms. The molecule has 0 saturated carbocycles. The highest BCUT2D eigenvalue weighted by Crippen LogP contribution is 2.34. The minimum Gasteiger partial charge on any atom is -0.458 e. The predicted octanol–water partition coefficient (Wildman–Crippen LogP) is 3.18. The van der Waals surface area contributed by atoms with Crippen LogP contribution in [0.1, 0.15) is 11.3 Å². The van der Waals surface area contributed by atoms with Gasteiger partial charge in [0.2, 0.25) is 0 Å². The monoisotopic (exact) mass is 321 g/mol. The molecule has 2 aliphatic rings. The Morgan fingerprint density at radius 1 is 0.800 bits per heavy atom. The molecule has 0 N–H and O–H groups in total. The predicted molar refractivity (Wildman–Crippen MR) is 104 cm³/mol. The van der Waals surface area contributed by atoms with Crippen LogP contribution in [-0.4, -0.2) is 11.3 Å². The fourth-order valence-electron chi connectivity index (χ4n) is 4.69. The van der Waals surface area contributed by atoms with Crippen LogP contribution in [0.25, 0.3) is 16.6 Å². The van der Waals surface area contributed by atoms with Crippen molar-refractivity contribution in [1.82, 2.24) is 4.57 Å². The van der Waals surface area contributed by atoms with E-state index in [1.165, 1.54) is 44.2 Å². The van der Waals surface area contributed by atoms with Gasteiger partial charge < -0.3 is 9.30 Å². The van der Waals surface area contributed by atoms with E-state index in [9.17, 15) is 0 Å². The van der Waals surface area contributed by atoms with Crippen LogP contribution in [0.5, 0.6) is 11.5 Å². The Labute approximate surface area is 146 Å². The molecule has 4 aromatic rings. The summed E-state index contributed by atoms with van der Waals surface area (Å²) in [5.74, 6) is 1.96. The molecule has 0 saturated heterocycles. The third-order valence-corrected chi connectivity index (χ3v) is 5.91. The van der Waals surface area contributed by atoms with Gasteiger partial charge in [-0.25, -0.2) is 0 Å². The highest BCUT2D eigenvalue weighted by atomic mass is 16.5. The van der Waals surface area contributed by atoms with Crippen molar-refractivity contribution in [3.63, 3.8) is 0 Å². The Morgan fingerprint density at radius 2 is 1.56 bits per heavy atom. The summed E-state index contributed by atoms with van der Waals surface area (Å²) < 4.78 is 8.69. The number of benzene rings is 3. The van der Waals surface area contributed by atoms with Crippen LogP contribution in [0.3, 0.4) is 0 Å². The molecular weight excluding hydrogens is 305 g/mol. The molecule has 0 amide bonds. The smallest absolute Gasteiger partial charge is 0.256 e. The van der Waals surface area contributed by atoms with Crippen molar-refractivity contribution >= 4 is 34.0 Å². The summed E-state index contributed by atoms with van der Waals surface area (Å²) in [5.41, 5.74) is 9.22. The van der Waals surface area contributed by atoms with E-state index in [2.05, 4.69) is 73.0 Å². The second kappa shape index (κ2) is 4.37. The van der Waals surface area contributed by atoms with Gasteiger partial charge in [0, 0.05) is 22.3 Å². The first-order valence-electron chi connectivity index (χ1n) is 8.76. The molecule has 3 heterocycles. The molecule has 0 atom stereocenters. The van der Waals surface area contributed by atoms with Crippen molar-refractivity contribution in [1.29, 1.82) is 0 Å². The summed E-state index contributed by atoms with van der Waals surface area (Å²) in [6.45, 7) is 4.68. The lowest BCUT2D eigenvalue weighted by Gasteiger charge is -2.33. The van der Waals surface area contributed by atoms with Crippen LogP contribution >= 0.6 is 0 Å². The van der Waals surface area contributed by atoms with Crippen LogP contribution in [-0.2, 0) is 0 Å². The highest BCUT2D eigenvalue weighted by molar-refractivity contribution is 6.99. The average molecular weight is 321 g/mol. The quantitative estimate of drug-likeness (QED) is 0.392. The Hall–Kier alpha value is -2.94. The molecule has 0 unspecified atom stereocenters. The molecule has 1 aromatic heterocycles. The highest BCUT2D eigenvalue weighted by Gasteiger charge is 2.39. The summed E-state index contributed by atoms with van der Waals surface area (Å²) in [5, 5.41) is 1.36. The van der Waals surface area contributed by atoms with Crippen molar-refractivity contribution < 1.29 is 4.74 Å². The van der Waals surface area contributed by atoms with Crippen molar-refractivity contribution in [2.45, 2.75) is 13.8 Å². The van der Waals surface area contributed by atoms with Crippen LogP contribution in [0, 0.1) is 13.8 Å². The topological polar surface area (TPSA) is 14.2 Å². The van der Waals surface area contributed by atoms with Crippen molar-refractivity contribution in [3.8, 4) is 17.2 Å². The van der Waals surface area contributed by atoms with Crippen LogP contribution in [0.2, 0.25) is 0 Å². The van der Waals surface area contributed by atoms with E-state index in [1.807, 2.05) is 6.07 Å². The van der Waals surface area contributed by atoms with E-state index in [-0.39, 0.29) is 6.71 Å². The maximum Gasteiger partial charge on any atom is 0.256 e. The van der Waals surface area contributed by atoms with Gasteiger partial charge in [-0.15, -0.1) is 0 Å². The molecular formula is C22H16BNO. The van der Waals surface area contributed by atoms with E-state index in [0.717, 1.165) is 11.5 Å². The maximum absolute atomic E-state index is 6.27. The largest absolute Gasteiger partial charge is 0.458 e. The zero-order chi connectivity index (χ0) is 16.7. The van der Waals surface area contributed by atoms with Gasteiger partial charge in [-0.3, -0.25) is 0 Å². The first-order chi connectivity index (χ1) is 12.3. The van der Waals surface area contributed by atoms with Gasteiger partial charge in [0.05, 0.1) is 0 Å². The molecule has 25 heavy (non-hydrogen) atoms. The van der Waals surface area contributed by atoms with Crippen molar-refractivity contribution in [2.24, 2.45) is 0 Å². The van der Waals surface area contributed by atoms with Gasteiger partial charge in [0.25, 0.3) is 6.71 Å². The lowest BCUT2D eigenvalue weighted by Crippen LogP contribution is -2.58. The van der Waals surface area contributed by atoms with Gasteiger partial charge in [-0.2, -0.15) is 0 Å². The summed E-state index contributed by atoms with van der Waals surface area (Å²) in [6.07, 6.45) is 0. The Kier molecular flexibility index (Phi) is 2.34. The number of aromatic nitrogens is 1. The number of hydrogen-bond donors (Lipinski definition) is 0. The molecule has 0 aliphatic carbocycles. The molecule has 6 rings (SSSR count). The van der Waals surface area contributed by atoms with E-state index in [0.29, 0.717) is 0 Å². The van der Waals surface area contributed by atoms with Crippen LogP contribution in [0.4, 0.5) is 0 Å². The van der Waals surface area contributed by atoms with Gasteiger partial charge >= 0.3 is 0 Å². The molecule has 0 fully saturated rings. The minimum absolute atomic E-state index is 0.237. The second-order valence-electron chi connectivity index (χ2n) is 7.05. The average Bonchev–Trinajstić information content (AvgIpc) is 2.91. The third-order valence-electron chi connectivity index (χ3n) is 5.91. The summed E-state index contributed by atoms with van der Waals surface area (Å²) >= 11 is 0. The molecule has 0 bridgehead atoms. The zero-order valence-corrected chi connectivity index (χ0v) is 14.2. The first-order valence-corrected chi connectivity index (χ1v) is 8.76. The summed E-state index contributed by atoms with van der Waals surface area (Å²) in [7, 11) is 0. The lowest BCUT2D eigenvalue weighted by molar-refractivity contribution is 0.487. The van der Waals surface area contributed by atoms with Crippen molar-refractivity contribution in [2.75, 3.05) is 0 Å². The number of rotatable bonds is 0. The van der Waals surface area contributed by atoms with E-state index >= 15 is 0 Å². The second-order valence-corrected chi connectivity index (χ2v) is 7.05. The molecule has 2 aliphatic heterocycles. The van der Waals surface area contributed by atoms with Gasteiger partial charge in [0.15, 0.2) is 0 Å². The number of hydrogen-bond acceptors (Lipinski definition) is 1. The molecule has 118 valence electrons. The van der Waals surface area contributed by atoms with Crippen LogP contribution in [0.15, 0.2) is 60.7 Å². The van der Waals surface area contributed by atoms with E-state index in [1.54, 1.807) is 0 Å². The Bertz CT molecular complexity index is 1200. The fourth-order valence-corrected chi connectivity index (χ4v) is 4.69. The summed E-state index contributed by atoms with van der Waals surface area (Å²) in [6, 6.07) is 21.6. The first kappa shape index (κ1) is 13.4. The molecule has 3 aromatic carbocycles. The lowest BCUT2D eigenvalue weighted by atomic mass is 9.34. The fraction of sp³-hybridized carbons (Fsp3) is 0.0909. The van der Waals surface area contributed by atoms with Gasteiger partial charge in [-0.05, 0) is 54.0 Å². The van der Waals surface area contributed by atoms with E-state index in [4.69, 9.17) is 4.74 Å². The zero-order valence-electron chi connectivity index (χ0n) is 14.2. The Balaban J connectivity index is 1.86. The standard InChI is InChI=1S/C22H16BNO/c1-13-14(2)24-18-10-6-12-20-21(18)23(16-8-3-4-11-19(16)25-20)17-9-5-7-15(13)22(17)24/h3-12H,1-2H3. The van der Waals surface area contributed by atoms with E-state index < -0.39 is 0 Å². The molecule has 0 spiro atoms. The number of aryl methyl sites for hydroxylation is 1. The number of nitrogens with zero attached hydrogens (tertiary/aromatic N) is 1. The third kappa shape index (κ3) is 1.47. The van der Waals surface area contributed by atoms with Crippen LogP contribution < -0.4 is 21.1 Å².